The first-order valence-corrected chi connectivity index (χ1v) is 6.47. The van der Waals surface area contributed by atoms with Crippen LogP contribution < -0.4 is 5.32 Å². The van der Waals surface area contributed by atoms with Gasteiger partial charge in [-0.2, -0.15) is 5.10 Å². The molecule has 2 aromatic heterocycles. The first-order valence-electron chi connectivity index (χ1n) is 6.47. The first-order chi connectivity index (χ1) is 8.85. The molecule has 98 valence electrons. The molecule has 0 radical (unpaired) electrons. The summed E-state index contributed by atoms with van der Waals surface area (Å²) < 4.78 is 7.13. The maximum absolute atomic E-state index is 5.16. The Labute approximate surface area is 107 Å². The SMILES string of the molecule is CCCn1ncnc1CC(NCC)c1ccoc1. The molecule has 2 heterocycles. The molecule has 1 unspecified atom stereocenters. The van der Waals surface area contributed by atoms with Crippen molar-refractivity contribution >= 4 is 0 Å². The van der Waals surface area contributed by atoms with Crippen LogP contribution in [0.25, 0.3) is 0 Å². The molecule has 0 aliphatic rings. The number of nitrogens with one attached hydrogen (secondary N) is 1. The molecule has 5 heteroatoms. The Kier molecular flexibility index (Phi) is 4.52. The largest absolute Gasteiger partial charge is 0.472 e. The van der Waals surface area contributed by atoms with E-state index < -0.39 is 0 Å². The summed E-state index contributed by atoms with van der Waals surface area (Å²) in [6, 6.07) is 2.22. The number of hydrogen-bond donors (Lipinski definition) is 1. The molecule has 0 aliphatic heterocycles. The lowest BCUT2D eigenvalue weighted by Crippen LogP contribution is -2.24. The Morgan fingerprint density at radius 3 is 3.00 bits per heavy atom. The molecule has 0 aliphatic carbocycles. The minimum Gasteiger partial charge on any atom is -0.472 e. The topological polar surface area (TPSA) is 55.9 Å². The van der Waals surface area contributed by atoms with E-state index in [0.717, 1.165) is 37.3 Å². The second-order valence-electron chi connectivity index (χ2n) is 4.27. The number of hydrogen-bond acceptors (Lipinski definition) is 4. The fourth-order valence-corrected chi connectivity index (χ4v) is 2.05. The van der Waals surface area contributed by atoms with Crippen molar-refractivity contribution in [3.05, 3.63) is 36.3 Å². The minimum absolute atomic E-state index is 0.230. The summed E-state index contributed by atoms with van der Waals surface area (Å²) in [6.07, 6.45) is 7.01. The van der Waals surface area contributed by atoms with E-state index in [-0.39, 0.29) is 6.04 Å². The van der Waals surface area contributed by atoms with E-state index in [1.165, 1.54) is 0 Å². The standard InChI is InChI=1S/C13H20N4O/c1-3-6-17-13(15-10-16-17)8-12(14-4-2)11-5-7-18-9-11/h5,7,9-10,12,14H,3-4,6,8H2,1-2H3. The number of likely N-dealkylation sites (N-methyl/N-ethyl adjacent to an activating group) is 1. The molecule has 5 nitrogen and oxygen atoms in total. The summed E-state index contributed by atoms with van der Waals surface area (Å²) in [7, 11) is 0. The molecule has 0 saturated heterocycles. The first kappa shape index (κ1) is 12.8. The quantitative estimate of drug-likeness (QED) is 0.816. The van der Waals surface area contributed by atoms with Crippen molar-refractivity contribution in [3.63, 3.8) is 0 Å². The van der Waals surface area contributed by atoms with Crippen LogP contribution >= 0.6 is 0 Å². The molecule has 0 amide bonds. The van der Waals surface area contributed by atoms with Crippen molar-refractivity contribution in [2.45, 2.75) is 39.3 Å². The molecule has 2 rings (SSSR count). The summed E-state index contributed by atoms with van der Waals surface area (Å²) >= 11 is 0. The molecule has 18 heavy (non-hydrogen) atoms. The van der Waals surface area contributed by atoms with Crippen LogP contribution in [-0.4, -0.2) is 21.3 Å². The molecule has 0 fully saturated rings. The third-order valence-electron chi connectivity index (χ3n) is 2.91. The molecule has 1 N–H and O–H groups in total. The van der Waals surface area contributed by atoms with Gasteiger partial charge in [-0.05, 0) is 19.0 Å². The second kappa shape index (κ2) is 6.35. The van der Waals surface area contributed by atoms with E-state index in [1.54, 1.807) is 18.9 Å². The van der Waals surface area contributed by atoms with Gasteiger partial charge < -0.3 is 9.73 Å². The molecule has 0 saturated carbocycles. The van der Waals surface area contributed by atoms with Gasteiger partial charge in [0, 0.05) is 24.6 Å². The van der Waals surface area contributed by atoms with E-state index in [4.69, 9.17) is 4.42 Å². The maximum atomic E-state index is 5.16. The highest BCUT2D eigenvalue weighted by atomic mass is 16.3. The van der Waals surface area contributed by atoms with Crippen molar-refractivity contribution in [2.24, 2.45) is 0 Å². The van der Waals surface area contributed by atoms with Gasteiger partial charge >= 0.3 is 0 Å². The number of furan rings is 1. The average molecular weight is 248 g/mol. The van der Waals surface area contributed by atoms with Gasteiger partial charge in [0.15, 0.2) is 0 Å². The lowest BCUT2D eigenvalue weighted by Gasteiger charge is -2.16. The Morgan fingerprint density at radius 2 is 2.33 bits per heavy atom. The van der Waals surface area contributed by atoms with E-state index in [0.29, 0.717) is 0 Å². The van der Waals surface area contributed by atoms with Crippen LogP contribution in [0, 0.1) is 0 Å². The van der Waals surface area contributed by atoms with Crippen LogP contribution in [0.5, 0.6) is 0 Å². The summed E-state index contributed by atoms with van der Waals surface area (Å²) in [5.41, 5.74) is 1.16. The molecule has 2 aromatic rings. The van der Waals surface area contributed by atoms with Crippen LogP contribution in [0.1, 0.15) is 37.7 Å². The van der Waals surface area contributed by atoms with Crippen LogP contribution in [0.4, 0.5) is 0 Å². The van der Waals surface area contributed by atoms with E-state index in [1.807, 2.05) is 10.7 Å². The van der Waals surface area contributed by atoms with Gasteiger partial charge in [0.1, 0.15) is 12.2 Å². The monoisotopic (exact) mass is 248 g/mol. The molecular formula is C13H20N4O. The molecule has 0 bridgehead atoms. The van der Waals surface area contributed by atoms with Crippen molar-refractivity contribution in [3.8, 4) is 0 Å². The van der Waals surface area contributed by atoms with Gasteiger partial charge in [-0.3, -0.25) is 4.68 Å². The Bertz CT molecular complexity index is 449. The summed E-state index contributed by atoms with van der Waals surface area (Å²) in [6.45, 7) is 6.07. The third-order valence-corrected chi connectivity index (χ3v) is 2.91. The normalized spacial score (nSPS) is 12.8. The average Bonchev–Trinajstić information content (AvgIpc) is 3.01. The summed E-state index contributed by atoms with van der Waals surface area (Å²) in [4.78, 5) is 4.35. The van der Waals surface area contributed by atoms with E-state index in [9.17, 15) is 0 Å². The van der Waals surface area contributed by atoms with Crippen LogP contribution in [0.15, 0.2) is 29.3 Å². The summed E-state index contributed by atoms with van der Waals surface area (Å²) in [5.74, 6) is 1.02. The van der Waals surface area contributed by atoms with E-state index in [2.05, 4.69) is 29.2 Å². The highest BCUT2D eigenvalue weighted by Crippen LogP contribution is 2.17. The number of aryl methyl sites for hydroxylation is 1. The lowest BCUT2D eigenvalue weighted by atomic mass is 10.1. The zero-order chi connectivity index (χ0) is 12.8. The summed E-state index contributed by atoms with van der Waals surface area (Å²) in [5, 5.41) is 7.71. The predicted molar refractivity (Wildman–Crippen MR) is 69.1 cm³/mol. The van der Waals surface area contributed by atoms with Gasteiger partial charge in [-0.25, -0.2) is 4.98 Å². The lowest BCUT2D eigenvalue weighted by molar-refractivity contribution is 0.490. The predicted octanol–water partition coefficient (Wildman–Crippen LogP) is 2.17. The van der Waals surface area contributed by atoms with Crippen molar-refractivity contribution in [2.75, 3.05) is 6.54 Å². The third kappa shape index (κ3) is 2.98. The number of aromatic nitrogens is 3. The Balaban J connectivity index is 2.11. The van der Waals surface area contributed by atoms with Crippen LogP contribution in [0.2, 0.25) is 0 Å². The van der Waals surface area contributed by atoms with Gasteiger partial charge in [-0.15, -0.1) is 0 Å². The van der Waals surface area contributed by atoms with E-state index >= 15 is 0 Å². The van der Waals surface area contributed by atoms with Crippen LogP contribution in [-0.2, 0) is 13.0 Å². The van der Waals surface area contributed by atoms with Gasteiger partial charge in [0.2, 0.25) is 0 Å². The maximum Gasteiger partial charge on any atom is 0.138 e. The minimum atomic E-state index is 0.230. The van der Waals surface area contributed by atoms with Gasteiger partial charge in [0.25, 0.3) is 0 Å². The number of rotatable bonds is 7. The van der Waals surface area contributed by atoms with Gasteiger partial charge in [0.05, 0.1) is 12.5 Å². The molecule has 0 aromatic carbocycles. The Morgan fingerprint density at radius 1 is 1.44 bits per heavy atom. The van der Waals surface area contributed by atoms with Crippen molar-refractivity contribution < 1.29 is 4.42 Å². The Hall–Kier alpha value is -1.62. The number of nitrogens with zero attached hydrogens (tertiary/aromatic N) is 3. The highest BCUT2D eigenvalue weighted by Gasteiger charge is 2.15. The molecular weight excluding hydrogens is 228 g/mol. The van der Waals surface area contributed by atoms with Gasteiger partial charge in [-0.1, -0.05) is 13.8 Å². The van der Waals surface area contributed by atoms with Crippen LogP contribution in [0.3, 0.4) is 0 Å². The van der Waals surface area contributed by atoms with Crippen molar-refractivity contribution in [1.82, 2.24) is 20.1 Å². The van der Waals surface area contributed by atoms with Crippen molar-refractivity contribution in [1.29, 1.82) is 0 Å². The zero-order valence-corrected chi connectivity index (χ0v) is 11.0. The highest BCUT2D eigenvalue weighted by molar-refractivity contribution is 5.13. The fourth-order valence-electron chi connectivity index (χ4n) is 2.05. The molecule has 1 atom stereocenters. The second-order valence-corrected chi connectivity index (χ2v) is 4.27. The smallest absolute Gasteiger partial charge is 0.138 e. The zero-order valence-electron chi connectivity index (χ0n) is 11.0. The fraction of sp³-hybridized carbons (Fsp3) is 0.538. The molecule has 0 spiro atoms.